The summed E-state index contributed by atoms with van der Waals surface area (Å²) in [5.41, 5.74) is 6.27. The first-order valence-corrected chi connectivity index (χ1v) is 7.92. The standard InChI is InChI=1S/C14H30N2S/c1-11(2)6-7-14(5,10-15)16-8-12(3)17-13(4)9-16/h11-13H,6-10,15H2,1-5H3. The van der Waals surface area contributed by atoms with Crippen molar-refractivity contribution < 1.29 is 0 Å². The molecule has 2 N–H and O–H groups in total. The Morgan fingerprint density at radius 1 is 1.29 bits per heavy atom. The summed E-state index contributed by atoms with van der Waals surface area (Å²) in [5.74, 6) is 0.773. The second kappa shape index (κ2) is 6.44. The molecule has 0 saturated carbocycles. The van der Waals surface area contributed by atoms with Gasteiger partial charge >= 0.3 is 0 Å². The van der Waals surface area contributed by atoms with Crippen LogP contribution in [0.1, 0.15) is 47.5 Å². The number of rotatable bonds is 5. The summed E-state index contributed by atoms with van der Waals surface area (Å²) >= 11 is 2.11. The van der Waals surface area contributed by atoms with Crippen molar-refractivity contribution in [3.8, 4) is 0 Å². The fourth-order valence-electron chi connectivity index (χ4n) is 2.61. The number of thioether (sulfide) groups is 1. The van der Waals surface area contributed by atoms with Gasteiger partial charge in [0, 0.05) is 35.7 Å². The molecule has 3 unspecified atom stereocenters. The monoisotopic (exact) mass is 258 g/mol. The van der Waals surface area contributed by atoms with Crippen LogP contribution in [0.3, 0.4) is 0 Å². The predicted molar refractivity (Wildman–Crippen MR) is 79.6 cm³/mol. The Morgan fingerprint density at radius 2 is 1.82 bits per heavy atom. The molecule has 0 radical (unpaired) electrons. The summed E-state index contributed by atoms with van der Waals surface area (Å²) in [5, 5.41) is 1.48. The maximum atomic E-state index is 6.07. The van der Waals surface area contributed by atoms with Gasteiger partial charge < -0.3 is 5.73 Å². The van der Waals surface area contributed by atoms with E-state index in [2.05, 4.69) is 51.3 Å². The van der Waals surface area contributed by atoms with Crippen LogP contribution in [0.4, 0.5) is 0 Å². The van der Waals surface area contributed by atoms with E-state index in [-0.39, 0.29) is 5.54 Å². The Hall–Kier alpha value is 0.270. The van der Waals surface area contributed by atoms with Gasteiger partial charge in [-0.25, -0.2) is 0 Å². The first-order chi connectivity index (χ1) is 7.87. The Labute approximate surface area is 112 Å². The first-order valence-electron chi connectivity index (χ1n) is 6.98. The highest BCUT2D eigenvalue weighted by atomic mass is 32.2. The van der Waals surface area contributed by atoms with Gasteiger partial charge in [-0.2, -0.15) is 11.8 Å². The van der Waals surface area contributed by atoms with Crippen LogP contribution < -0.4 is 5.73 Å². The average Bonchev–Trinajstić information content (AvgIpc) is 2.24. The summed E-state index contributed by atoms with van der Waals surface area (Å²) in [6.07, 6.45) is 2.51. The molecule has 0 aromatic carbocycles. The van der Waals surface area contributed by atoms with Crippen LogP contribution in [0.25, 0.3) is 0 Å². The van der Waals surface area contributed by atoms with E-state index in [1.165, 1.54) is 25.9 Å². The Balaban J connectivity index is 2.63. The summed E-state index contributed by atoms with van der Waals surface area (Å²) in [6.45, 7) is 14.8. The largest absolute Gasteiger partial charge is 0.329 e. The molecular formula is C14H30N2S. The molecule has 1 aliphatic heterocycles. The second-order valence-corrected chi connectivity index (χ2v) is 8.18. The normalized spacial score (nSPS) is 30.5. The molecule has 1 rings (SSSR count). The van der Waals surface area contributed by atoms with Gasteiger partial charge in [0.2, 0.25) is 0 Å². The maximum Gasteiger partial charge on any atom is 0.0304 e. The summed E-state index contributed by atoms with van der Waals surface area (Å²) in [7, 11) is 0. The van der Waals surface area contributed by atoms with Crippen molar-refractivity contribution in [1.82, 2.24) is 4.90 Å². The molecule has 17 heavy (non-hydrogen) atoms. The third-order valence-electron chi connectivity index (χ3n) is 3.88. The molecule has 1 heterocycles. The molecule has 1 fully saturated rings. The zero-order valence-corrected chi connectivity index (χ0v) is 13.0. The van der Waals surface area contributed by atoms with Crippen molar-refractivity contribution >= 4 is 11.8 Å². The van der Waals surface area contributed by atoms with Crippen LogP contribution in [0.2, 0.25) is 0 Å². The van der Waals surface area contributed by atoms with Crippen molar-refractivity contribution in [1.29, 1.82) is 0 Å². The lowest BCUT2D eigenvalue weighted by Gasteiger charge is -2.46. The summed E-state index contributed by atoms with van der Waals surface area (Å²) < 4.78 is 0. The molecule has 0 amide bonds. The first kappa shape index (κ1) is 15.3. The smallest absolute Gasteiger partial charge is 0.0304 e. The van der Waals surface area contributed by atoms with Crippen molar-refractivity contribution in [3.63, 3.8) is 0 Å². The molecule has 1 saturated heterocycles. The van der Waals surface area contributed by atoms with E-state index in [1.807, 2.05) is 0 Å². The summed E-state index contributed by atoms with van der Waals surface area (Å²) in [6, 6.07) is 0. The summed E-state index contributed by atoms with van der Waals surface area (Å²) in [4.78, 5) is 2.64. The molecule has 2 nitrogen and oxygen atoms in total. The van der Waals surface area contributed by atoms with Crippen molar-refractivity contribution in [2.75, 3.05) is 19.6 Å². The minimum atomic E-state index is 0.202. The lowest BCUT2D eigenvalue weighted by Crippen LogP contribution is -2.57. The molecule has 0 aliphatic carbocycles. The number of nitrogens with zero attached hydrogens (tertiary/aromatic N) is 1. The van der Waals surface area contributed by atoms with E-state index >= 15 is 0 Å². The van der Waals surface area contributed by atoms with Crippen LogP contribution in [-0.2, 0) is 0 Å². The Morgan fingerprint density at radius 3 is 2.24 bits per heavy atom. The zero-order chi connectivity index (χ0) is 13.1. The highest BCUT2D eigenvalue weighted by Gasteiger charge is 2.35. The van der Waals surface area contributed by atoms with Crippen LogP contribution in [0, 0.1) is 5.92 Å². The quantitative estimate of drug-likeness (QED) is 0.822. The van der Waals surface area contributed by atoms with Gasteiger partial charge in [0.05, 0.1) is 0 Å². The van der Waals surface area contributed by atoms with Crippen LogP contribution >= 0.6 is 11.8 Å². The molecular weight excluding hydrogens is 228 g/mol. The van der Waals surface area contributed by atoms with Crippen LogP contribution in [0.15, 0.2) is 0 Å². The predicted octanol–water partition coefficient (Wildman–Crippen LogP) is 2.97. The van der Waals surface area contributed by atoms with Crippen LogP contribution in [0.5, 0.6) is 0 Å². The second-order valence-electron chi connectivity index (χ2n) is 6.30. The Bertz CT molecular complexity index is 222. The molecule has 1 aliphatic rings. The molecule has 0 aromatic heterocycles. The minimum Gasteiger partial charge on any atom is -0.329 e. The van der Waals surface area contributed by atoms with Gasteiger partial charge in [-0.15, -0.1) is 0 Å². The lowest BCUT2D eigenvalue weighted by molar-refractivity contribution is 0.0937. The average molecular weight is 258 g/mol. The van der Waals surface area contributed by atoms with Crippen molar-refractivity contribution in [2.45, 2.75) is 63.5 Å². The van der Waals surface area contributed by atoms with Gasteiger partial charge in [0.15, 0.2) is 0 Å². The highest BCUT2D eigenvalue weighted by Crippen LogP contribution is 2.31. The minimum absolute atomic E-state index is 0.202. The molecule has 102 valence electrons. The van der Waals surface area contributed by atoms with Gasteiger partial charge in [0.1, 0.15) is 0 Å². The molecule has 3 heteroatoms. The fourth-order valence-corrected chi connectivity index (χ4v) is 3.93. The number of nitrogens with two attached hydrogens (primary N) is 1. The van der Waals surface area contributed by atoms with E-state index < -0.39 is 0 Å². The SMILES string of the molecule is CC(C)CCC(C)(CN)N1CC(C)SC(C)C1. The van der Waals surface area contributed by atoms with E-state index in [0.29, 0.717) is 0 Å². The van der Waals surface area contributed by atoms with E-state index in [9.17, 15) is 0 Å². The topological polar surface area (TPSA) is 29.3 Å². The molecule has 0 spiro atoms. The maximum absolute atomic E-state index is 6.07. The van der Waals surface area contributed by atoms with Crippen LogP contribution in [-0.4, -0.2) is 40.6 Å². The highest BCUT2D eigenvalue weighted by molar-refractivity contribution is 8.00. The third-order valence-corrected chi connectivity index (χ3v) is 5.11. The molecule has 0 aromatic rings. The fraction of sp³-hybridized carbons (Fsp3) is 1.00. The number of hydrogen-bond acceptors (Lipinski definition) is 3. The molecule has 3 atom stereocenters. The van der Waals surface area contributed by atoms with Crippen molar-refractivity contribution in [3.05, 3.63) is 0 Å². The van der Waals surface area contributed by atoms with Crippen molar-refractivity contribution in [2.24, 2.45) is 11.7 Å². The van der Waals surface area contributed by atoms with Gasteiger partial charge in [-0.1, -0.05) is 27.7 Å². The van der Waals surface area contributed by atoms with Gasteiger partial charge in [-0.05, 0) is 25.7 Å². The molecule has 0 bridgehead atoms. The third kappa shape index (κ3) is 4.46. The van der Waals surface area contributed by atoms with E-state index in [1.54, 1.807) is 0 Å². The van der Waals surface area contributed by atoms with Gasteiger partial charge in [0.25, 0.3) is 0 Å². The van der Waals surface area contributed by atoms with E-state index in [0.717, 1.165) is 23.0 Å². The zero-order valence-electron chi connectivity index (χ0n) is 12.2. The number of hydrogen-bond donors (Lipinski definition) is 1. The lowest BCUT2D eigenvalue weighted by atomic mass is 9.89. The van der Waals surface area contributed by atoms with Gasteiger partial charge in [-0.3, -0.25) is 4.90 Å². The van der Waals surface area contributed by atoms with E-state index in [4.69, 9.17) is 5.73 Å². The Kier molecular flexibility index (Phi) is 5.81.